The van der Waals surface area contributed by atoms with Gasteiger partial charge in [-0.1, -0.05) is 26.8 Å². The van der Waals surface area contributed by atoms with E-state index in [1.165, 1.54) is 0 Å². The Labute approximate surface area is 151 Å². The first-order chi connectivity index (χ1) is 12.0. The second-order valence-corrected chi connectivity index (χ2v) is 8.12. The Morgan fingerprint density at radius 3 is 2.40 bits per heavy atom. The summed E-state index contributed by atoms with van der Waals surface area (Å²) in [6, 6.07) is 5.51. The van der Waals surface area contributed by atoms with Gasteiger partial charge < -0.3 is 14.1 Å². The summed E-state index contributed by atoms with van der Waals surface area (Å²) in [5.41, 5.74) is 2.02. The molecule has 5 nitrogen and oxygen atoms in total. The van der Waals surface area contributed by atoms with Gasteiger partial charge in [-0.15, -0.1) is 0 Å². The van der Waals surface area contributed by atoms with E-state index < -0.39 is 10.1 Å². The van der Waals surface area contributed by atoms with Gasteiger partial charge >= 0.3 is 10.1 Å². The topological polar surface area (TPSA) is 62.4 Å². The largest absolute Gasteiger partial charge is 0.382 e. The lowest BCUT2D eigenvalue weighted by atomic mass is 10.1. The summed E-state index contributed by atoms with van der Waals surface area (Å²) in [5, 5.41) is 0.884. The van der Waals surface area contributed by atoms with Crippen molar-refractivity contribution < 1.29 is 12.6 Å². The van der Waals surface area contributed by atoms with E-state index in [0.29, 0.717) is 12.2 Å². The van der Waals surface area contributed by atoms with Gasteiger partial charge in [-0.3, -0.25) is 0 Å². The highest BCUT2D eigenvalue weighted by Gasteiger charge is 2.17. The molecule has 25 heavy (non-hydrogen) atoms. The molecule has 0 fully saturated rings. The molecule has 0 unspecified atom stereocenters. The van der Waals surface area contributed by atoms with E-state index in [-0.39, 0.29) is 5.75 Å². The molecule has 0 aliphatic carbocycles. The molecule has 2 rings (SSSR count). The molecule has 0 amide bonds. The monoisotopic (exact) mass is 366 g/mol. The summed E-state index contributed by atoms with van der Waals surface area (Å²) in [6.07, 6.45) is 5.66. The summed E-state index contributed by atoms with van der Waals surface area (Å²) in [5.74, 6) is 0.462. The number of nitrogens with one attached hydrogen (secondary N) is 1. The average molecular weight is 367 g/mol. The first kappa shape index (κ1) is 19.8. The number of rotatable bonds is 11. The van der Waals surface area contributed by atoms with Gasteiger partial charge in [0.15, 0.2) is 5.75 Å². The van der Waals surface area contributed by atoms with E-state index in [0.717, 1.165) is 55.4 Å². The van der Waals surface area contributed by atoms with Crippen molar-refractivity contribution in [3.8, 4) is 5.75 Å². The van der Waals surface area contributed by atoms with Crippen molar-refractivity contribution in [2.24, 2.45) is 0 Å². The lowest BCUT2D eigenvalue weighted by Crippen LogP contribution is -2.27. The van der Waals surface area contributed by atoms with Gasteiger partial charge in [0.2, 0.25) is 0 Å². The van der Waals surface area contributed by atoms with E-state index in [1.807, 2.05) is 25.3 Å². The van der Waals surface area contributed by atoms with Crippen LogP contribution in [0.15, 0.2) is 24.4 Å². The minimum Gasteiger partial charge on any atom is -0.382 e. The fourth-order valence-corrected chi connectivity index (χ4v) is 4.16. The summed E-state index contributed by atoms with van der Waals surface area (Å²) in [7, 11) is -3.54. The zero-order valence-corrected chi connectivity index (χ0v) is 16.4. The van der Waals surface area contributed by atoms with E-state index in [2.05, 4.69) is 23.7 Å². The zero-order chi connectivity index (χ0) is 18.3. The number of nitrogens with zero attached hydrogens (tertiary/aromatic N) is 1. The van der Waals surface area contributed by atoms with Crippen molar-refractivity contribution in [3.05, 3.63) is 30.0 Å². The summed E-state index contributed by atoms with van der Waals surface area (Å²) >= 11 is 0. The van der Waals surface area contributed by atoms with Crippen LogP contribution in [0.5, 0.6) is 5.75 Å². The highest BCUT2D eigenvalue weighted by atomic mass is 32.2. The number of aromatic nitrogens is 1. The first-order valence-electron chi connectivity index (χ1n) is 9.24. The Morgan fingerprint density at radius 2 is 1.76 bits per heavy atom. The molecule has 6 heteroatoms. The van der Waals surface area contributed by atoms with Gasteiger partial charge in [-0.05, 0) is 56.5 Å². The van der Waals surface area contributed by atoms with Crippen molar-refractivity contribution >= 4 is 21.0 Å². The van der Waals surface area contributed by atoms with Gasteiger partial charge in [-0.2, -0.15) is 8.42 Å². The Morgan fingerprint density at radius 1 is 1.04 bits per heavy atom. The summed E-state index contributed by atoms with van der Waals surface area (Å²) in [4.78, 5) is 5.70. The van der Waals surface area contributed by atoms with E-state index in [4.69, 9.17) is 4.18 Å². The number of hydrogen-bond acceptors (Lipinski definition) is 4. The zero-order valence-electron chi connectivity index (χ0n) is 15.5. The van der Waals surface area contributed by atoms with Crippen LogP contribution in [0, 0.1) is 0 Å². The molecule has 1 heterocycles. The Balaban J connectivity index is 2.23. The minimum atomic E-state index is -3.54. The highest BCUT2D eigenvalue weighted by molar-refractivity contribution is 7.87. The van der Waals surface area contributed by atoms with E-state index >= 15 is 0 Å². The third-order valence-electron chi connectivity index (χ3n) is 4.20. The highest BCUT2D eigenvalue weighted by Crippen LogP contribution is 2.30. The summed E-state index contributed by atoms with van der Waals surface area (Å²) in [6.45, 7) is 9.36. The molecule has 0 saturated heterocycles. The standard InChI is InChI=1S/C19H30N2O3S/c1-4-11-21(12-5-2)13-10-16-15-20-17-8-7-9-18(19(16)17)24-25(22,23)14-6-3/h7-9,15,20H,4-6,10-14H2,1-3H3. The Bertz CT molecular complexity index is 762. The molecule has 0 spiro atoms. The normalized spacial score (nSPS) is 12.2. The van der Waals surface area contributed by atoms with Crippen LogP contribution in [0.25, 0.3) is 10.9 Å². The number of hydrogen-bond donors (Lipinski definition) is 1. The fraction of sp³-hybridized carbons (Fsp3) is 0.579. The molecule has 1 aromatic heterocycles. The number of fused-ring (bicyclic) bond motifs is 1. The van der Waals surface area contributed by atoms with Gasteiger partial charge in [0.1, 0.15) is 0 Å². The number of aromatic amines is 1. The third-order valence-corrected chi connectivity index (χ3v) is 5.54. The first-order valence-corrected chi connectivity index (χ1v) is 10.8. The molecule has 0 atom stereocenters. The van der Waals surface area contributed by atoms with Crippen molar-refractivity contribution in [3.63, 3.8) is 0 Å². The molecule has 0 radical (unpaired) electrons. The van der Waals surface area contributed by atoms with Crippen LogP contribution in [0.3, 0.4) is 0 Å². The Kier molecular flexibility index (Phi) is 7.32. The van der Waals surface area contributed by atoms with E-state index in [1.54, 1.807) is 6.07 Å². The molecule has 0 aliphatic heterocycles. The van der Waals surface area contributed by atoms with Crippen LogP contribution in [0.4, 0.5) is 0 Å². The van der Waals surface area contributed by atoms with Crippen LogP contribution < -0.4 is 4.18 Å². The van der Waals surface area contributed by atoms with Crippen molar-refractivity contribution in [1.82, 2.24) is 9.88 Å². The fourth-order valence-electron chi connectivity index (χ4n) is 3.16. The maximum atomic E-state index is 12.1. The molecular formula is C19H30N2O3S. The van der Waals surface area contributed by atoms with Crippen molar-refractivity contribution in [2.45, 2.75) is 46.5 Å². The van der Waals surface area contributed by atoms with E-state index in [9.17, 15) is 8.42 Å². The lowest BCUT2D eigenvalue weighted by Gasteiger charge is -2.20. The van der Waals surface area contributed by atoms with Gasteiger partial charge in [0, 0.05) is 23.6 Å². The van der Waals surface area contributed by atoms with Crippen LogP contribution >= 0.6 is 0 Å². The predicted octanol–water partition coefficient (Wildman–Crippen LogP) is 3.95. The molecule has 1 N–H and O–H groups in total. The molecule has 0 aliphatic rings. The molecule has 2 aromatic rings. The smallest absolute Gasteiger partial charge is 0.309 e. The van der Waals surface area contributed by atoms with Crippen molar-refractivity contribution in [1.29, 1.82) is 0 Å². The van der Waals surface area contributed by atoms with Crippen LogP contribution in [-0.4, -0.2) is 43.7 Å². The van der Waals surface area contributed by atoms with Gasteiger partial charge in [-0.25, -0.2) is 0 Å². The SMILES string of the molecule is CCCN(CCC)CCc1c[nH]c2cccc(OS(=O)(=O)CCC)c12. The molecule has 0 saturated carbocycles. The average Bonchev–Trinajstić information content (AvgIpc) is 2.97. The predicted molar refractivity (Wildman–Crippen MR) is 104 cm³/mol. The quantitative estimate of drug-likeness (QED) is 0.612. The van der Waals surface area contributed by atoms with Gasteiger partial charge in [0.25, 0.3) is 0 Å². The van der Waals surface area contributed by atoms with Crippen LogP contribution in [0.1, 0.15) is 45.6 Å². The Hall–Kier alpha value is -1.53. The maximum Gasteiger partial charge on any atom is 0.309 e. The second kappa shape index (κ2) is 9.25. The molecule has 1 aromatic carbocycles. The third kappa shape index (κ3) is 5.47. The molecule has 0 bridgehead atoms. The minimum absolute atomic E-state index is 0.0317. The second-order valence-electron chi connectivity index (χ2n) is 6.43. The maximum absolute atomic E-state index is 12.1. The summed E-state index contributed by atoms with van der Waals surface area (Å²) < 4.78 is 29.5. The molecular weight excluding hydrogens is 336 g/mol. The number of H-pyrrole nitrogens is 1. The van der Waals surface area contributed by atoms with Gasteiger partial charge in [0.05, 0.1) is 5.75 Å². The lowest BCUT2D eigenvalue weighted by molar-refractivity contribution is 0.278. The molecule has 140 valence electrons. The van der Waals surface area contributed by atoms with Crippen LogP contribution in [0.2, 0.25) is 0 Å². The number of benzene rings is 1. The van der Waals surface area contributed by atoms with Crippen LogP contribution in [-0.2, 0) is 16.5 Å². The van der Waals surface area contributed by atoms with Crippen molar-refractivity contribution in [2.75, 3.05) is 25.4 Å².